The lowest BCUT2D eigenvalue weighted by Gasteiger charge is -2.09. The van der Waals surface area contributed by atoms with Gasteiger partial charge in [0, 0.05) is 5.56 Å². The van der Waals surface area contributed by atoms with Crippen molar-refractivity contribution in [1.82, 2.24) is 10.3 Å². The standard InChI is InChI=1S/C20H21N3O4/c1-13(2)12-26-15-10-8-14(9-11-15)18-19(23-27-22-18)21-20(24)16-6-4-5-7-17(16)25-3/h4-11,13H,12H2,1-3H3,(H,21,23,24). The van der Waals surface area contributed by atoms with Crippen molar-refractivity contribution in [3.8, 4) is 22.8 Å². The fourth-order valence-electron chi connectivity index (χ4n) is 2.44. The smallest absolute Gasteiger partial charge is 0.260 e. The van der Waals surface area contributed by atoms with Crippen molar-refractivity contribution in [2.45, 2.75) is 13.8 Å². The van der Waals surface area contributed by atoms with Crippen LogP contribution in [-0.2, 0) is 0 Å². The summed E-state index contributed by atoms with van der Waals surface area (Å²) in [5, 5.41) is 10.4. The fraction of sp³-hybridized carbons (Fsp3) is 0.250. The maximum atomic E-state index is 12.6. The third kappa shape index (κ3) is 4.44. The van der Waals surface area contributed by atoms with Gasteiger partial charge in [-0.25, -0.2) is 4.63 Å². The number of carbonyl (C=O) groups is 1. The van der Waals surface area contributed by atoms with E-state index in [4.69, 9.17) is 14.1 Å². The number of amides is 1. The van der Waals surface area contributed by atoms with Gasteiger partial charge in [-0.1, -0.05) is 26.0 Å². The van der Waals surface area contributed by atoms with Crippen molar-refractivity contribution in [2.24, 2.45) is 5.92 Å². The molecule has 0 atom stereocenters. The van der Waals surface area contributed by atoms with Crippen LogP contribution >= 0.6 is 0 Å². The second-order valence-electron chi connectivity index (χ2n) is 6.35. The van der Waals surface area contributed by atoms with Crippen LogP contribution in [0.5, 0.6) is 11.5 Å². The molecule has 3 aromatic rings. The Morgan fingerprint density at radius 1 is 1.11 bits per heavy atom. The molecule has 140 valence electrons. The molecule has 0 saturated carbocycles. The topological polar surface area (TPSA) is 86.5 Å². The summed E-state index contributed by atoms with van der Waals surface area (Å²) in [4.78, 5) is 12.6. The summed E-state index contributed by atoms with van der Waals surface area (Å²) in [6.45, 7) is 4.82. The number of benzene rings is 2. The van der Waals surface area contributed by atoms with Crippen molar-refractivity contribution in [3.63, 3.8) is 0 Å². The molecule has 7 nitrogen and oxygen atoms in total. The number of hydrogen-bond donors (Lipinski definition) is 1. The summed E-state index contributed by atoms with van der Waals surface area (Å²) in [5.74, 6) is 1.56. The molecule has 0 spiro atoms. The lowest BCUT2D eigenvalue weighted by molar-refractivity contribution is 0.102. The van der Waals surface area contributed by atoms with Gasteiger partial charge in [0.1, 0.15) is 11.5 Å². The van der Waals surface area contributed by atoms with E-state index < -0.39 is 0 Å². The average Bonchev–Trinajstić information content (AvgIpc) is 3.14. The van der Waals surface area contributed by atoms with E-state index in [0.717, 1.165) is 11.3 Å². The van der Waals surface area contributed by atoms with Gasteiger partial charge in [0.25, 0.3) is 5.91 Å². The van der Waals surface area contributed by atoms with Crippen molar-refractivity contribution in [2.75, 3.05) is 19.0 Å². The van der Waals surface area contributed by atoms with Crippen molar-refractivity contribution in [3.05, 3.63) is 54.1 Å². The minimum absolute atomic E-state index is 0.238. The minimum Gasteiger partial charge on any atom is -0.496 e. The molecule has 3 rings (SSSR count). The van der Waals surface area contributed by atoms with Crippen LogP contribution in [0.4, 0.5) is 5.82 Å². The van der Waals surface area contributed by atoms with Crippen LogP contribution in [0.2, 0.25) is 0 Å². The van der Waals surface area contributed by atoms with Gasteiger partial charge in [0.05, 0.1) is 19.3 Å². The highest BCUT2D eigenvalue weighted by Crippen LogP contribution is 2.27. The Bertz CT molecular complexity index is 904. The van der Waals surface area contributed by atoms with E-state index in [0.29, 0.717) is 29.5 Å². The molecule has 27 heavy (non-hydrogen) atoms. The predicted octanol–water partition coefficient (Wildman–Crippen LogP) is 4.03. The largest absolute Gasteiger partial charge is 0.496 e. The summed E-state index contributed by atoms with van der Waals surface area (Å²) in [7, 11) is 1.51. The van der Waals surface area contributed by atoms with E-state index in [1.54, 1.807) is 24.3 Å². The van der Waals surface area contributed by atoms with Crippen LogP contribution in [0.15, 0.2) is 53.2 Å². The predicted molar refractivity (Wildman–Crippen MR) is 101 cm³/mol. The van der Waals surface area contributed by atoms with E-state index in [-0.39, 0.29) is 11.7 Å². The lowest BCUT2D eigenvalue weighted by atomic mass is 10.1. The number of ether oxygens (including phenoxy) is 2. The monoisotopic (exact) mass is 367 g/mol. The van der Waals surface area contributed by atoms with Crippen LogP contribution in [0.1, 0.15) is 24.2 Å². The molecule has 0 aliphatic heterocycles. The normalized spacial score (nSPS) is 10.7. The molecule has 1 N–H and O–H groups in total. The number of para-hydroxylation sites is 1. The maximum Gasteiger partial charge on any atom is 0.260 e. The number of carbonyl (C=O) groups excluding carboxylic acids is 1. The van der Waals surface area contributed by atoms with E-state index in [2.05, 4.69) is 29.5 Å². The highest BCUT2D eigenvalue weighted by atomic mass is 16.6. The van der Waals surface area contributed by atoms with Gasteiger partial charge in [-0.3, -0.25) is 4.79 Å². The maximum absolute atomic E-state index is 12.6. The van der Waals surface area contributed by atoms with Crippen LogP contribution in [0.25, 0.3) is 11.3 Å². The van der Waals surface area contributed by atoms with Gasteiger partial charge < -0.3 is 14.8 Å². The number of nitrogens with zero attached hydrogens (tertiary/aromatic N) is 2. The van der Waals surface area contributed by atoms with Gasteiger partial charge in [-0.15, -0.1) is 0 Å². The molecular formula is C20H21N3O4. The molecule has 1 amide bonds. The molecule has 0 radical (unpaired) electrons. The van der Waals surface area contributed by atoms with Crippen molar-refractivity contribution >= 4 is 11.7 Å². The summed E-state index contributed by atoms with van der Waals surface area (Å²) in [6.07, 6.45) is 0. The van der Waals surface area contributed by atoms with E-state index in [9.17, 15) is 4.79 Å². The zero-order valence-electron chi connectivity index (χ0n) is 15.4. The highest BCUT2D eigenvalue weighted by molar-refractivity contribution is 6.07. The Morgan fingerprint density at radius 2 is 1.85 bits per heavy atom. The van der Waals surface area contributed by atoms with Gasteiger partial charge in [0.2, 0.25) is 5.82 Å². The first kappa shape index (κ1) is 18.4. The van der Waals surface area contributed by atoms with E-state index in [1.807, 2.05) is 24.3 Å². The minimum atomic E-state index is -0.360. The van der Waals surface area contributed by atoms with Crippen LogP contribution in [0.3, 0.4) is 0 Å². The Hall–Kier alpha value is -3.35. The molecule has 2 aromatic carbocycles. The third-order valence-electron chi connectivity index (χ3n) is 3.78. The van der Waals surface area contributed by atoms with Gasteiger partial charge in [-0.05, 0) is 52.6 Å². The molecule has 0 unspecified atom stereocenters. The number of aromatic nitrogens is 2. The fourth-order valence-corrected chi connectivity index (χ4v) is 2.44. The number of anilines is 1. The molecule has 0 fully saturated rings. The first-order valence-corrected chi connectivity index (χ1v) is 8.58. The van der Waals surface area contributed by atoms with Gasteiger partial charge >= 0.3 is 0 Å². The first-order valence-electron chi connectivity index (χ1n) is 8.58. The Morgan fingerprint density at radius 3 is 2.56 bits per heavy atom. The third-order valence-corrected chi connectivity index (χ3v) is 3.78. The van der Waals surface area contributed by atoms with E-state index >= 15 is 0 Å². The Labute approximate surface area is 157 Å². The highest BCUT2D eigenvalue weighted by Gasteiger charge is 2.18. The molecule has 0 aliphatic rings. The van der Waals surface area contributed by atoms with Crippen LogP contribution in [-0.4, -0.2) is 29.9 Å². The second kappa shape index (κ2) is 8.35. The molecule has 0 bridgehead atoms. The summed E-state index contributed by atoms with van der Waals surface area (Å²) in [6, 6.07) is 14.3. The van der Waals surface area contributed by atoms with Crippen LogP contribution in [0, 0.1) is 5.92 Å². The Balaban J connectivity index is 1.77. The average molecular weight is 367 g/mol. The molecule has 1 heterocycles. The SMILES string of the molecule is COc1ccccc1C(=O)Nc1nonc1-c1ccc(OCC(C)C)cc1. The summed E-state index contributed by atoms with van der Waals surface area (Å²) >= 11 is 0. The van der Waals surface area contributed by atoms with E-state index in [1.165, 1.54) is 7.11 Å². The molecule has 0 saturated heterocycles. The Kier molecular flexibility index (Phi) is 5.71. The molecule has 7 heteroatoms. The molecular weight excluding hydrogens is 346 g/mol. The molecule has 0 aliphatic carbocycles. The van der Waals surface area contributed by atoms with Crippen molar-refractivity contribution < 1.29 is 18.9 Å². The second-order valence-corrected chi connectivity index (χ2v) is 6.35. The lowest BCUT2D eigenvalue weighted by Crippen LogP contribution is -2.14. The van der Waals surface area contributed by atoms with Crippen molar-refractivity contribution in [1.29, 1.82) is 0 Å². The van der Waals surface area contributed by atoms with Gasteiger partial charge in [-0.2, -0.15) is 0 Å². The number of methoxy groups -OCH3 is 1. The number of hydrogen-bond acceptors (Lipinski definition) is 6. The van der Waals surface area contributed by atoms with Gasteiger partial charge in [0.15, 0.2) is 5.69 Å². The molecule has 1 aromatic heterocycles. The number of nitrogens with one attached hydrogen (secondary N) is 1. The zero-order valence-corrected chi connectivity index (χ0v) is 15.4. The first-order chi connectivity index (χ1) is 13.1. The quantitative estimate of drug-likeness (QED) is 0.678. The zero-order chi connectivity index (χ0) is 19.2. The van der Waals surface area contributed by atoms with Crippen LogP contribution < -0.4 is 14.8 Å². The number of rotatable bonds is 7. The summed E-state index contributed by atoms with van der Waals surface area (Å²) in [5.41, 5.74) is 1.59. The summed E-state index contributed by atoms with van der Waals surface area (Å²) < 4.78 is 15.7.